The first-order chi connectivity index (χ1) is 16.2. The summed E-state index contributed by atoms with van der Waals surface area (Å²) < 4.78 is 11.3. The molecule has 1 aromatic carbocycles. The molecule has 2 saturated heterocycles. The first-order valence-electron chi connectivity index (χ1n) is 13.3. The van der Waals surface area contributed by atoms with Gasteiger partial charge in [-0.1, -0.05) is 33.3 Å². The number of nitrogens with one attached hydrogen (secondary N) is 1. The van der Waals surface area contributed by atoms with Crippen LogP contribution < -0.4 is 15.8 Å². The Morgan fingerprint density at radius 1 is 1.26 bits per heavy atom. The van der Waals surface area contributed by atoms with E-state index in [4.69, 9.17) is 15.2 Å². The Bertz CT molecular complexity index is 783. The van der Waals surface area contributed by atoms with Gasteiger partial charge in [-0.25, -0.2) is 4.79 Å². The van der Waals surface area contributed by atoms with Gasteiger partial charge in [-0.15, -0.1) is 0 Å². The van der Waals surface area contributed by atoms with E-state index < -0.39 is 0 Å². The molecule has 3 rings (SSSR count). The summed E-state index contributed by atoms with van der Waals surface area (Å²) in [6.45, 7) is 11.1. The van der Waals surface area contributed by atoms with Crippen LogP contribution in [0.25, 0.3) is 0 Å². The number of carbonyl (C=O) groups excluding carboxylic acids is 1. The number of anilines is 1. The third-order valence-corrected chi connectivity index (χ3v) is 7.80. The van der Waals surface area contributed by atoms with E-state index in [1.807, 2.05) is 25.1 Å². The first-order valence-corrected chi connectivity index (χ1v) is 13.3. The second-order valence-electron chi connectivity index (χ2n) is 11.5. The average Bonchev–Trinajstić information content (AvgIpc) is 2.76. The number of aryl methyl sites for hydroxylation is 1. The maximum atomic E-state index is 12.7. The fourth-order valence-corrected chi connectivity index (χ4v) is 6.15. The smallest absolute Gasteiger partial charge is 0.412 e. The second-order valence-corrected chi connectivity index (χ2v) is 11.5. The van der Waals surface area contributed by atoms with Crippen LogP contribution in [0.4, 0.5) is 10.5 Å². The number of ether oxygens (including phenoxy) is 2. The third-order valence-electron chi connectivity index (χ3n) is 7.80. The molecular formula is C28H47N3O3. The zero-order valence-electron chi connectivity index (χ0n) is 22.1. The van der Waals surface area contributed by atoms with Crippen LogP contribution in [0.3, 0.4) is 0 Å². The van der Waals surface area contributed by atoms with E-state index in [0.29, 0.717) is 28.9 Å². The van der Waals surface area contributed by atoms with Crippen molar-refractivity contribution in [1.29, 1.82) is 0 Å². The van der Waals surface area contributed by atoms with Crippen LogP contribution in [0.5, 0.6) is 5.75 Å². The average molecular weight is 474 g/mol. The first kappa shape index (κ1) is 26.8. The van der Waals surface area contributed by atoms with Crippen molar-refractivity contribution in [3.63, 3.8) is 0 Å². The number of nitrogens with two attached hydrogens (primary N) is 1. The summed E-state index contributed by atoms with van der Waals surface area (Å²) in [5, 5.41) is 2.90. The summed E-state index contributed by atoms with van der Waals surface area (Å²) in [6.07, 6.45) is 9.98. The van der Waals surface area contributed by atoms with Gasteiger partial charge < -0.3 is 15.2 Å². The molecule has 0 saturated carbocycles. The van der Waals surface area contributed by atoms with E-state index in [1.165, 1.54) is 38.5 Å². The van der Waals surface area contributed by atoms with Gasteiger partial charge in [-0.3, -0.25) is 10.2 Å². The number of carbonyl (C=O) groups is 1. The fourth-order valence-electron chi connectivity index (χ4n) is 6.15. The van der Waals surface area contributed by atoms with Gasteiger partial charge in [0.15, 0.2) is 0 Å². The summed E-state index contributed by atoms with van der Waals surface area (Å²) in [4.78, 5) is 15.4. The van der Waals surface area contributed by atoms with E-state index in [2.05, 4.69) is 31.0 Å². The molecule has 2 fully saturated rings. The Kier molecular flexibility index (Phi) is 9.66. The third kappa shape index (κ3) is 7.61. The lowest BCUT2D eigenvalue weighted by Gasteiger charge is -2.49. The van der Waals surface area contributed by atoms with Gasteiger partial charge in [0.1, 0.15) is 11.9 Å². The highest BCUT2D eigenvalue weighted by molar-refractivity contribution is 5.87. The van der Waals surface area contributed by atoms with E-state index in [9.17, 15) is 4.79 Å². The molecule has 192 valence electrons. The minimum Gasteiger partial charge on any atom is -0.495 e. The van der Waals surface area contributed by atoms with E-state index in [0.717, 1.165) is 43.8 Å². The largest absolute Gasteiger partial charge is 0.495 e. The quantitative estimate of drug-likeness (QED) is 0.405. The van der Waals surface area contributed by atoms with Gasteiger partial charge in [0.25, 0.3) is 0 Å². The van der Waals surface area contributed by atoms with Crippen LogP contribution in [-0.4, -0.2) is 49.4 Å². The molecule has 0 radical (unpaired) electrons. The lowest BCUT2D eigenvalue weighted by molar-refractivity contribution is -0.0351. The van der Waals surface area contributed by atoms with Crippen molar-refractivity contribution in [2.45, 2.75) is 104 Å². The Balaban J connectivity index is 1.52. The number of rotatable bonds is 11. The summed E-state index contributed by atoms with van der Waals surface area (Å²) in [5.74, 6) is 1.37. The number of benzene rings is 1. The summed E-state index contributed by atoms with van der Waals surface area (Å²) in [7, 11) is 1.61. The Morgan fingerprint density at radius 2 is 1.97 bits per heavy atom. The molecular weight excluding hydrogens is 426 g/mol. The van der Waals surface area contributed by atoms with Crippen LogP contribution in [-0.2, 0) is 4.74 Å². The van der Waals surface area contributed by atoms with E-state index in [1.54, 1.807) is 7.11 Å². The van der Waals surface area contributed by atoms with Crippen molar-refractivity contribution in [2.24, 2.45) is 17.1 Å². The van der Waals surface area contributed by atoms with Gasteiger partial charge in [0.05, 0.1) is 12.8 Å². The van der Waals surface area contributed by atoms with Gasteiger partial charge in [0.2, 0.25) is 0 Å². The van der Waals surface area contributed by atoms with Gasteiger partial charge in [-0.2, -0.15) is 0 Å². The van der Waals surface area contributed by atoms with Crippen LogP contribution in [0.2, 0.25) is 0 Å². The van der Waals surface area contributed by atoms with Crippen LogP contribution in [0.1, 0.15) is 84.1 Å². The maximum absolute atomic E-state index is 12.7. The maximum Gasteiger partial charge on any atom is 0.412 e. The zero-order valence-corrected chi connectivity index (χ0v) is 22.1. The van der Waals surface area contributed by atoms with Crippen molar-refractivity contribution in [2.75, 3.05) is 25.5 Å². The molecule has 34 heavy (non-hydrogen) atoms. The highest BCUT2D eigenvalue weighted by atomic mass is 16.6. The number of amides is 1. The standard InChI is InChI=1S/C28H47N3O3/c1-20-11-12-26(33-5)25(16-20)30-27(32)34-24-17-22-9-6-10-23(18-24)31(22)15-13-28(3,4)19-21(2)8-7-14-29/h11-12,16,21-24H,6-10,13-15,17-19,29H2,1-5H3,(H,30,32). The van der Waals surface area contributed by atoms with Crippen molar-refractivity contribution in [3.05, 3.63) is 23.8 Å². The van der Waals surface area contributed by atoms with Gasteiger partial charge in [0, 0.05) is 24.9 Å². The molecule has 6 nitrogen and oxygen atoms in total. The molecule has 0 spiro atoms. The minimum atomic E-state index is -0.381. The number of fused-ring (bicyclic) bond motifs is 2. The molecule has 3 atom stereocenters. The monoisotopic (exact) mass is 473 g/mol. The molecule has 3 N–H and O–H groups in total. The summed E-state index contributed by atoms with van der Waals surface area (Å²) in [6, 6.07) is 6.78. The lowest BCUT2D eigenvalue weighted by atomic mass is 9.77. The SMILES string of the molecule is COc1ccc(C)cc1NC(=O)OC1CC2CCCC(C1)N2CCC(C)(C)CC(C)CCCN. The van der Waals surface area contributed by atoms with E-state index in [-0.39, 0.29) is 12.2 Å². The van der Waals surface area contributed by atoms with Crippen molar-refractivity contribution in [3.8, 4) is 5.75 Å². The number of methoxy groups -OCH3 is 1. The van der Waals surface area contributed by atoms with Gasteiger partial charge in [-0.05, 0) is 87.6 Å². The predicted octanol–water partition coefficient (Wildman–Crippen LogP) is 6.12. The Hall–Kier alpha value is -1.79. The molecule has 0 aliphatic carbocycles. The second kappa shape index (κ2) is 12.3. The highest BCUT2D eigenvalue weighted by Gasteiger charge is 2.40. The topological polar surface area (TPSA) is 76.8 Å². The molecule has 2 heterocycles. The molecule has 3 unspecified atom stereocenters. The van der Waals surface area contributed by atoms with Crippen molar-refractivity contribution in [1.82, 2.24) is 4.90 Å². The zero-order chi connectivity index (χ0) is 24.7. The Labute approximate surface area is 206 Å². The van der Waals surface area contributed by atoms with Crippen LogP contribution >= 0.6 is 0 Å². The number of hydrogen-bond acceptors (Lipinski definition) is 5. The number of hydrogen-bond donors (Lipinski definition) is 2. The highest BCUT2D eigenvalue weighted by Crippen LogP contribution is 2.38. The lowest BCUT2D eigenvalue weighted by Crippen LogP contribution is -2.54. The number of nitrogens with zero attached hydrogens (tertiary/aromatic N) is 1. The van der Waals surface area contributed by atoms with Crippen LogP contribution in [0.15, 0.2) is 18.2 Å². The van der Waals surface area contributed by atoms with Gasteiger partial charge >= 0.3 is 6.09 Å². The molecule has 6 heteroatoms. The minimum absolute atomic E-state index is 0.0216. The molecule has 1 aromatic rings. The van der Waals surface area contributed by atoms with Crippen molar-refractivity contribution < 1.29 is 14.3 Å². The molecule has 2 aliphatic heterocycles. The van der Waals surface area contributed by atoms with E-state index >= 15 is 0 Å². The predicted molar refractivity (Wildman–Crippen MR) is 139 cm³/mol. The molecule has 2 bridgehead atoms. The Morgan fingerprint density at radius 3 is 2.62 bits per heavy atom. The summed E-state index contributed by atoms with van der Waals surface area (Å²) in [5.41, 5.74) is 7.76. The molecule has 2 aliphatic rings. The fraction of sp³-hybridized carbons (Fsp3) is 0.750. The van der Waals surface area contributed by atoms with Crippen LogP contribution in [0, 0.1) is 18.3 Å². The molecule has 1 amide bonds. The summed E-state index contributed by atoms with van der Waals surface area (Å²) >= 11 is 0. The van der Waals surface area contributed by atoms with Crippen molar-refractivity contribution >= 4 is 11.8 Å². The molecule has 0 aromatic heterocycles. The number of piperidine rings is 2. The normalized spacial score (nSPS) is 23.9.